The molecule has 0 aliphatic rings. The van der Waals surface area contributed by atoms with Gasteiger partial charge < -0.3 is 10.1 Å². The second kappa shape index (κ2) is 7.21. The van der Waals surface area contributed by atoms with Gasteiger partial charge in [0, 0.05) is 42.0 Å². The highest BCUT2D eigenvalue weighted by molar-refractivity contribution is 5.24. The van der Waals surface area contributed by atoms with Crippen molar-refractivity contribution in [1.82, 2.24) is 20.5 Å². The summed E-state index contributed by atoms with van der Waals surface area (Å²) in [7, 11) is 0. The maximum atomic E-state index is 12.2. The zero-order chi connectivity index (χ0) is 17.8. The number of hydrogen-bond donors (Lipinski definition) is 2. The lowest BCUT2D eigenvalue weighted by atomic mass is 9.89. The molecule has 0 aliphatic heterocycles. The van der Waals surface area contributed by atoms with Crippen LogP contribution in [0.4, 0.5) is 13.2 Å². The van der Waals surface area contributed by atoms with Crippen LogP contribution in [0.2, 0.25) is 0 Å². The molecule has 132 valence electrons. The first-order valence-corrected chi connectivity index (χ1v) is 7.53. The third kappa shape index (κ3) is 5.52. The fourth-order valence-corrected chi connectivity index (χ4v) is 2.23. The molecule has 0 aromatic carbocycles. The van der Waals surface area contributed by atoms with E-state index in [4.69, 9.17) is 0 Å². The molecular formula is C16H21F3N4O. The highest BCUT2D eigenvalue weighted by atomic mass is 19.4. The first-order valence-electron chi connectivity index (χ1n) is 7.53. The average molecular weight is 342 g/mol. The van der Waals surface area contributed by atoms with Gasteiger partial charge in [-0.05, 0) is 11.6 Å². The standard InChI is InChI=1S/C16H21F3N4O/c1-15(2,3)14-12(9-22-23-14)8-20-7-11-4-5-21-13(6-11)24-10-16(17,18)19/h4-6,9,20H,7-8,10H2,1-3H3,(H,22,23). The van der Waals surface area contributed by atoms with Gasteiger partial charge in [0.25, 0.3) is 0 Å². The van der Waals surface area contributed by atoms with Crippen LogP contribution in [0.1, 0.15) is 37.6 Å². The van der Waals surface area contributed by atoms with Crippen LogP contribution < -0.4 is 10.1 Å². The van der Waals surface area contributed by atoms with E-state index in [1.54, 1.807) is 12.3 Å². The van der Waals surface area contributed by atoms with Crippen LogP contribution in [0.15, 0.2) is 24.5 Å². The fourth-order valence-electron chi connectivity index (χ4n) is 2.23. The van der Waals surface area contributed by atoms with E-state index in [2.05, 4.69) is 46.0 Å². The molecule has 0 unspecified atom stereocenters. The lowest BCUT2D eigenvalue weighted by molar-refractivity contribution is -0.154. The lowest BCUT2D eigenvalue weighted by Crippen LogP contribution is -2.20. The van der Waals surface area contributed by atoms with E-state index in [9.17, 15) is 13.2 Å². The number of pyridine rings is 1. The minimum Gasteiger partial charge on any atom is -0.468 e. The summed E-state index contributed by atoms with van der Waals surface area (Å²) in [5.74, 6) is -0.0367. The van der Waals surface area contributed by atoms with Crippen molar-refractivity contribution in [3.8, 4) is 5.88 Å². The van der Waals surface area contributed by atoms with Crippen LogP contribution in [0, 0.1) is 0 Å². The number of aromatic amines is 1. The van der Waals surface area contributed by atoms with Gasteiger partial charge in [-0.3, -0.25) is 5.10 Å². The molecule has 0 saturated heterocycles. The molecule has 0 spiro atoms. The Bertz CT molecular complexity index is 662. The number of ether oxygens (including phenoxy) is 1. The van der Waals surface area contributed by atoms with Crippen LogP contribution in [-0.2, 0) is 18.5 Å². The third-order valence-electron chi connectivity index (χ3n) is 3.30. The Morgan fingerprint density at radius 2 is 1.96 bits per heavy atom. The molecule has 5 nitrogen and oxygen atoms in total. The van der Waals surface area contributed by atoms with Crippen molar-refractivity contribution in [1.29, 1.82) is 0 Å². The summed E-state index contributed by atoms with van der Waals surface area (Å²) < 4.78 is 41.1. The maximum absolute atomic E-state index is 12.2. The number of nitrogens with zero attached hydrogens (tertiary/aromatic N) is 2. The first-order chi connectivity index (χ1) is 11.1. The van der Waals surface area contributed by atoms with E-state index in [1.807, 2.05) is 0 Å². The van der Waals surface area contributed by atoms with Crippen molar-refractivity contribution >= 4 is 0 Å². The highest BCUT2D eigenvalue weighted by Crippen LogP contribution is 2.23. The smallest absolute Gasteiger partial charge is 0.422 e. The molecule has 24 heavy (non-hydrogen) atoms. The summed E-state index contributed by atoms with van der Waals surface area (Å²) in [4.78, 5) is 3.78. The maximum Gasteiger partial charge on any atom is 0.422 e. The van der Waals surface area contributed by atoms with E-state index in [0.717, 1.165) is 16.8 Å². The Hall–Kier alpha value is -2.09. The van der Waals surface area contributed by atoms with Crippen molar-refractivity contribution in [3.05, 3.63) is 41.3 Å². The molecule has 2 rings (SSSR count). The summed E-state index contributed by atoms with van der Waals surface area (Å²) in [6.07, 6.45) is -1.17. The van der Waals surface area contributed by atoms with E-state index in [0.29, 0.717) is 13.1 Å². The van der Waals surface area contributed by atoms with Gasteiger partial charge in [0.1, 0.15) is 0 Å². The Kier molecular flexibility index (Phi) is 5.48. The average Bonchev–Trinajstić information content (AvgIpc) is 2.94. The van der Waals surface area contributed by atoms with E-state index < -0.39 is 12.8 Å². The molecule has 0 amide bonds. The largest absolute Gasteiger partial charge is 0.468 e. The Morgan fingerprint density at radius 1 is 1.21 bits per heavy atom. The predicted octanol–water partition coefficient (Wildman–Crippen LogP) is 3.33. The van der Waals surface area contributed by atoms with E-state index in [-0.39, 0.29) is 11.3 Å². The van der Waals surface area contributed by atoms with Crippen LogP contribution >= 0.6 is 0 Å². The fraction of sp³-hybridized carbons (Fsp3) is 0.500. The minimum atomic E-state index is -4.37. The zero-order valence-electron chi connectivity index (χ0n) is 13.9. The molecule has 0 radical (unpaired) electrons. The van der Waals surface area contributed by atoms with Gasteiger partial charge in [-0.15, -0.1) is 0 Å². The summed E-state index contributed by atoms with van der Waals surface area (Å²) in [5, 5.41) is 10.3. The molecule has 2 heterocycles. The molecule has 2 N–H and O–H groups in total. The van der Waals surface area contributed by atoms with Gasteiger partial charge >= 0.3 is 6.18 Å². The van der Waals surface area contributed by atoms with Crippen molar-refractivity contribution in [2.45, 2.75) is 45.5 Å². The molecule has 8 heteroatoms. The molecule has 0 bridgehead atoms. The van der Waals surface area contributed by atoms with Gasteiger partial charge in [-0.2, -0.15) is 18.3 Å². The van der Waals surface area contributed by atoms with Crippen molar-refractivity contribution in [3.63, 3.8) is 0 Å². The Balaban J connectivity index is 1.90. The number of halogens is 3. The summed E-state index contributed by atoms with van der Waals surface area (Å²) in [6.45, 7) is 6.02. The van der Waals surface area contributed by atoms with Crippen LogP contribution in [0.5, 0.6) is 5.88 Å². The zero-order valence-corrected chi connectivity index (χ0v) is 13.9. The van der Waals surface area contributed by atoms with E-state index >= 15 is 0 Å². The normalized spacial score (nSPS) is 12.4. The summed E-state index contributed by atoms with van der Waals surface area (Å²) >= 11 is 0. The number of alkyl halides is 3. The number of nitrogens with one attached hydrogen (secondary N) is 2. The topological polar surface area (TPSA) is 62.8 Å². The minimum absolute atomic E-state index is 0.0367. The van der Waals surface area contributed by atoms with Gasteiger partial charge in [0.05, 0.1) is 6.20 Å². The number of H-pyrrole nitrogens is 1. The van der Waals surface area contributed by atoms with Crippen LogP contribution in [0.3, 0.4) is 0 Å². The quantitative estimate of drug-likeness (QED) is 0.845. The summed E-state index contributed by atoms with van der Waals surface area (Å²) in [5.41, 5.74) is 2.87. The molecule has 2 aromatic heterocycles. The second-order valence-electron chi connectivity index (χ2n) is 6.53. The number of hydrogen-bond acceptors (Lipinski definition) is 4. The highest BCUT2D eigenvalue weighted by Gasteiger charge is 2.28. The van der Waals surface area contributed by atoms with Crippen molar-refractivity contribution in [2.24, 2.45) is 0 Å². The van der Waals surface area contributed by atoms with Gasteiger partial charge in [-0.1, -0.05) is 20.8 Å². The third-order valence-corrected chi connectivity index (χ3v) is 3.30. The Labute approximate surface area is 138 Å². The second-order valence-corrected chi connectivity index (χ2v) is 6.53. The lowest BCUT2D eigenvalue weighted by Gasteiger charge is -2.18. The molecule has 0 fully saturated rings. The molecule has 0 aliphatic carbocycles. The molecular weight excluding hydrogens is 321 g/mol. The van der Waals surface area contributed by atoms with Gasteiger partial charge in [0.15, 0.2) is 6.61 Å². The van der Waals surface area contributed by atoms with Crippen LogP contribution in [-0.4, -0.2) is 28.0 Å². The van der Waals surface area contributed by atoms with Crippen molar-refractivity contribution < 1.29 is 17.9 Å². The monoisotopic (exact) mass is 342 g/mol. The predicted molar refractivity (Wildman–Crippen MR) is 83.6 cm³/mol. The van der Waals surface area contributed by atoms with Gasteiger partial charge in [-0.25, -0.2) is 4.98 Å². The van der Waals surface area contributed by atoms with E-state index in [1.165, 1.54) is 12.3 Å². The first kappa shape index (κ1) is 18.3. The summed E-state index contributed by atoms with van der Waals surface area (Å²) in [6, 6.07) is 3.23. The van der Waals surface area contributed by atoms with Gasteiger partial charge in [0.2, 0.25) is 5.88 Å². The van der Waals surface area contributed by atoms with Crippen molar-refractivity contribution in [2.75, 3.05) is 6.61 Å². The SMILES string of the molecule is CC(C)(C)c1[nH]ncc1CNCc1ccnc(OCC(F)(F)F)c1. The molecule has 0 atom stereocenters. The Morgan fingerprint density at radius 3 is 2.62 bits per heavy atom. The number of rotatable bonds is 6. The number of aromatic nitrogens is 3. The molecule has 2 aromatic rings. The molecule has 0 saturated carbocycles. The van der Waals surface area contributed by atoms with Crippen LogP contribution in [0.25, 0.3) is 0 Å².